The molecule has 0 bridgehead atoms. The molecule has 0 spiro atoms. The van der Waals surface area contributed by atoms with Crippen molar-refractivity contribution < 1.29 is 14.3 Å². The first-order valence-corrected chi connectivity index (χ1v) is 3.46. The molecule has 0 N–H and O–H groups in total. The predicted molar refractivity (Wildman–Crippen MR) is 43.8 cm³/mol. The van der Waals surface area contributed by atoms with E-state index in [1.165, 1.54) is 14.0 Å². The standard InChI is InChI=1S/C7H13N3O2/c1-5(11)6(9-8)7(12-4)10(2)3/h7H,1-4H3/t7-/m0/s1. The van der Waals surface area contributed by atoms with Crippen molar-refractivity contribution in [3.63, 3.8) is 0 Å². The molecule has 0 fully saturated rings. The fourth-order valence-corrected chi connectivity index (χ4v) is 0.861. The maximum absolute atomic E-state index is 10.9. The highest BCUT2D eigenvalue weighted by Crippen LogP contribution is 1.96. The molecule has 1 atom stereocenters. The molecule has 0 amide bonds. The molecule has 0 rings (SSSR count). The molecular weight excluding hydrogens is 158 g/mol. The van der Waals surface area contributed by atoms with Crippen LogP contribution >= 0.6 is 0 Å². The maximum atomic E-state index is 10.9. The highest BCUT2D eigenvalue weighted by molar-refractivity contribution is 6.38. The average molecular weight is 171 g/mol. The van der Waals surface area contributed by atoms with Crippen molar-refractivity contribution in [1.29, 1.82) is 0 Å². The van der Waals surface area contributed by atoms with Gasteiger partial charge in [-0.2, -0.15) is 4.79 Å². The normalized spacial score (nSPS) is 12.4. The third-order valence-corrected chi connectivity index (χ3v) is 1.39. The Balaban J connectivity index is 4.70. The number of ketones is 1. The Hall–Kier alpha value is -1.03. The lowest BCUT2D eigenvalue weighted by Gasteiger charge is -2.16. The van der Waals surface area contributed by atoms with E-state index in [1.807, 2.05) is 0 Å². The first-order valence-electron chi connectivity index (χ1n) is 3.46. The fraction of sp³-hybridized carbons (Fsp3) is 0.714. The summed E-state index contributed by atoms with van der Waals surface area (Å²) in [5.74, 6) is -0.307. The van der Waals surface area contributed by atoms with Gasteiger partial charge in [-0.25, -0.2) is 0 Å². The summed E-state index contributed by atoms with van der Waals surface area (Å²) in [6, 6.07) is 0. The number of hydrogen-bond acceptors (Lipinski definition) is 3. The quantitative estimate of drug-likeness (QED) is 0.254. The van der Waals surface area contributed by atoms with E-state index in [9.17, 15) is 4.79 Å². The largest absolute Gasteiger partial charge is 0.377 e. The summed E-state index contributed by atoms with van der Waals surface area (Å²) < 4.78 is 4.94. The lowest BCUT2D eigenvalue weighted by molar-refractivity contribution is -0.119. The summed E-state index contributed by atoms with van der Waals surface area (Å²) in [5, 5.41) is 0. The van der Waals surface area contributed by atoms with Crippen LogP contribution in [0, 0.1) is 0 Å². The molecule has 0 aliphatic rings. The summed E-state index contributed by atoms with van der Waals surface area (Å²) in [5.41, 5.74) is 8.51. The van der Waals surface area contributed by atoms with Crippen LogP contribution < -0.4 is 0 Å². The number of rotatable bonds is 4. The van der Waals surface area contributed by atoms with Gasteiger partial charge < -0.3 is 10.3 Å². The van der Waals surface area contributed by atoms with Crippen LogP contribution in [0.1, 0.15) is 6.92 Å². The first kappa shape index (κ1) is 11.0. The van der Waals surface area contributed by atoms with E-state index in [-0.39, 0.29) is 11.5 Å². The molecule has 0 aromatic rings. The van der Waals surface area contributed by atoms with Gasteiger partial charge in [-0.1, -0.05) is 0 Å². The molecule has 0 saturated carbocycles. The number of hydrogen-bond donors (Lipinski definition) is 0. The smallest absolute Gasteiger partial charge is 0.361 e. The molecule has 12 heavy (non-hydrogen) atoms. The van der Waals surface area contributed by atoms with Gasteiger partial charge in [0.15, 0.2) is 0 Å². The molecule has 0 heterocycles. The van der Waals surface area contributed by atoms with Gasteiger partial charge in [0, 0.05) is 14.0 Å². The molecule has 0 radical (unpaired) electrons. The Kier molecular flexibility index (Phi) is 4.36. The molecule has 68 valence electrons. The highest BCUT2D eigenvalue weighted by atomic mass is 16.5. The van der Waals surface area contributed by atoms with Crippen molar-refractivity contribution in [2.24, 2.45) is 0 Å². The molecular formula is C7H13N3O2. The second kappa shape index (κ2) is 4.77. The van der Waals surface area contributed by atoms with Crippen LogP contribution in [0.3, 0.4) is 0 Å². The number of ether oxygens (including phenoxy) is 1. The molecule has 5 heteroatoms. The van der Waals surface area contributed by atoms with E-state index < -0.39 is 6.23 Å². The van der Waals surface area contributed by atoms with Crippen LogP contribution in [-0.2, 0) is 9.53 Å². The molecule has 5 nitrogen and oxygen atoms in total. The van der Waals surface area contributed by atoms with E-state index in [2.05, 4.69) is 4.79 Å². The monoisotopic (exact) mass is 171 g/mol. The summed E-state index contributed by atoms with van der Waals surface area (Å²) in [6.45, 7) is 1.32. The van der Waals surface area contributed by atoms with Crippen molar-refractivity contribution >= 4 is 11.5 Å². The zero-order valence-electron chi connectivity index (χ0n) is 7.74. The van der Waals surface area contributed by atoms with Crippen LogP contribution in [0.2, 0.25) is 0 Å². The van der Waals surface area contributed by atoms with Crippen LogP contribution in [0.15, 0.2) is 0 Å². The third-order valence-electron chi connectivity index (χ3n) is 1.39. The number of Topliss-reactive ketones (excluding diaryl/α,β-unsaturated/α-hetero) is 1. The molecule has 0 aromatic carbocycles. The van der Waals surface area contributed by atoms with Crippen LogP contribution in [-0.4, -0.2) is 48.6 Å². The minimum absolute atomic E-state index is 0.00231. The van der Waals surface area contributed by atoms with Gasteiger partial charge in [0.1, 0.15) is 0 Å². The van der Waals surface area contributed by atoms with E-state index in [0.29, 0.717) is 0 Å². The number of carbonyl (C=O) groups excluding carboxylic acids is 1. The minimum atomic E-state index is -0.590. The zero-order valence-corrected chi connectivity index (χ0v) is 7.74. The summed E-state index contributed by atoms with van der Waals surface area (Å²) in [7, 11) is 4.89. The molecule has 0 aromatic heterocycles. The third kappa shape index (κ3) is 2.54. The summed E-state index contributed by atoms with van der Waals surface area (Å²) in [6.07, 6.45) is -0.590. The van der Waals surface area contributed by atoms with E-state index in [4.69, 9.17) is 10.3 Å². The minimum Gasteiger partial charge on any atom is -0.361 e. The van der Waals surface area contributed by atoms with Crippen molar-refractivity contribution in [1.82, 2.24) is 4.90 Å². The average Bonchev–Trinajstić information content (AvgIpc) is 1.98. The Morgan fingerprint density at radius 2 is 2.08 bits per heavy atom. The van der Waals surface area contributed by atoms with Gasteiger partial charge >= 0.3 is 5.71 Å². The van der Waals surface area contributed by atoms with Gasteiger partial charge in [-0.15, -0.1) is 0 Å². The van der Waals surface area contributed by atoms with E-state index in [1.54, 1.807) is 19.0 Å². The lowest BCUT2D eigenvalue weighted by Crippen LogP contribution is -2.41. The predicted octanol–water partition coefficient (Wildman–Crippen LogP) is -0.220. The van der Waals surface area contributed by atoms with Gasteiger partial charge in [0.05, 0.1) is 0 Å². The second-order valence-electron chi connectivity index (χ2n) is 2.59. The number of methoxy groups -OCH3 is 1. The van der Waals surface area contributed by atoms with Crippen LogP contribution in [0.4, 0.5) is 0 Å². The van der Waals surface area contributed by atoms with Gasteiger partial charge in [0.2, 0.25) is 12.0 Å². The van der Waals surface area contributed by atoms with Gasteiger partial charge in [0.25, 0.3) is 0 Å². The summed E-state index contributed by atoms with van der Waals surface area (Å²) >= 11 is 0. The van der Waals surface area contributed by atoms with Crippen LogP contribution in [0.5, 0.6) is 0 Å². The first-order chi connectivity index (χ1) is 5.54. The highest BCUT2D eigenvalue weighted by Gasteiger charge is 2.29. The van der Waals surface area contributed by atoms with E-state index >= 15 is 0 Å². The Morgan fingerprint density at radius 3 is 2.17 bits per heavy atom. The Bertz CT molecular complexity index is 219. The number of nitrogens with zero attached hydrogens (tertiary/aromatic N) is 3. The Morgan fingerprint density at radius 1 is 1.58 bits per heavy atom. The molecule has 0 aliphatic carbocycles. The zero-order chi connectivity index (χ0) is 9.72. The fourth-order valence-electron chi connectivity index (χ4n) is 0.861. The summed E-state index contributed by atoms with van der Waals surface area (Å²) in [4.78, 5) is 15.4. The van der Waals surface area contributed by atoms with Gasteiger partial charge in [-0.05, 0) is 14.1 Å². The van der Waals surface area contributed by atoms with Gasteiger partial charge in [-0.3, -0.25) is 9.69 Å². The van der Waals surface area contributed by atoms with E-state index in [0.717, 1.165) is 0 Å². The topological polar surface area (TPSA) is 65.9 Å². The molecule has 0 saturated heterocycles. The van der Waals surface area contributed by atoms with Crippen molar-refractivity contribution in [3.05, 3.63) is 5.53 Å². The van der Waals surface area contributed by atoms with Crippen molar-refractivity contribution in [3.8, 4) is 0 Å². The molecule has 0 aliphatic heterocycles. The van der Waals surface area contributed by atoms with Crippen LogP contribution in [0.25, 0.3) is 5.53 Å². The second-order valence-corrected chi connectivity index (χ2v) is 2.59. The Labute approximate surface area is 71.5 Å². The number of carbonyl (C=O) groups is 1. The maximum Gasteiger partial charge on any atom is 0.377 e. The molecule has 0 unspecified atom stereocenters. The van der Waals surface area contributed by atoms with Crippen molar-refractivity contribution in [2.75, 3.05) is 21.2 Å². The van der Waals surface area contributed by atoms with Crippen molar-refractivity contribution in [2.45, 2.75) is 13.2 Å². The SMILES string of the molecule is CO[C@@H](C(=[N+]=[N-])C(C)=O)N(C)C. The lowest BCUT2D eigenvalue weighted by atomic mass is 10.2.